The third kappa shape index (κ3) is 2.59. The minimum absolute atomic E-state index is 0.519. The van der Waals surface area contributed by atoms with E-state index in [4.69, 9.17) is 0 Å². The van der Waals surface area contributed by atoms with Crippen LogP contribution in [-0.2, 0) is 6.54 Å². The summed E-state index contributed by atoms with van der Waals surface area (Å²) >= 11 is 0. The van der Waals surface area contributed by atoms with Gasteiger partial charge < -0.3 is 5.32 Å². The van der Waals surface area contributed by atoms with Crippen LogP contribution in [0, 0.1) is 11.8 Å². The minimum atomic E-state index is 0.519. The van der Waals surface area contributed by atoms with Crippen LogP contribution in [0.1, 0.15) is 38.3 Å². The molecule has 84 valence electrons. The number of nitrogens with one attached hydrogen (secondary N) is 1. The van der Waals surface area contributed by atoms with E-state index in [9.17, 15) is 0 Å². The van der Waals surface area contributed by atoms with E-state index in [1.54, 1.807) is 0 Å². The first kappa shape index (κ1) is 10.7. The number of aromatic nitrogens is 2. The lowest BCUT2D eigenvalue weighted by molar-refractivity contribution is 0.480. The van der Waals surface area contributed by atoms with Crippen molar-refractivity contribution in [2.75, 3.05) is 7.05 Å². The van der Waals surface area contributed by atoms with Gasteiger partial charge in [0.1, 0.15) is 0 Å². The Balaban J connectivity index is 2.04. The highest BCUT2D eigenvalue weighted by molar-refractivity contribution is 5.13. The third-order valence-electron chi connectivity index (χ3n) is 2.97. The zero-order chi connectivity index (χ0) is 10.8. The Morgan fingerprint density at radius 1 is 1.53 bits per heavy atom. The van der Waals surface area contributed by atoms with Gasteiger partial charge >= 0.3 is 0 Å². The molecule has 2 rings (SSSR count). The molecule has 1 atom stereocenters. The molecule has 15 heavy (non-hydrogen) atoms. The summed E-state index contributed by atoms with van der Waals surface area (Å²) in [6.07, 6.45) is 6.93. The van der Waals surface area contributed by atoms with Gasteiger partial charge in [-0.25, -0.2) is 0 Å². The van der Waals surface area contributed by atoms with Crippen molar-refractivity contribution in [3.8, 4) is 0 Å². The monoisotopic (exact) mass is 207 g/mol. The van der Waals surface area contributed by atoms with Crippen molar-refractivity contribution in [1.29, 1.82) is 0 Å². The summed E-state index contributed by atoms with van der Waals surface area (Å²) in [6, 6.07) is 0.519. The van der Waals surface area contributed by atoms with E-state index in [2.05, 4.69) is 35.1 Å². The van der Waals surface area contributed by atoms with Crippen LogP contribution in [0.5, 0.6) is 0 Å². The maximum atomic E-state index is 4.41. The van der Waals surface area contributed by atoms with Gasteiger partial charge in [-0.3, -0.25) is 4.68 Å². The smallest absolute Gasteiger partial charge is 0.0537 e. The molecule has 1 aliphatic carbocycles. The molecule has 1 aromatic heterocycles. The predicted molar refractivity (Wildman–Crippen MR) is 61.6 cm³/mol. The second-order valence-corrected chi connectivity index (χ2v) is 4.99. The highest BCUT2D eigenvalue weighted by Gasteiger charge is 2.31. The van der Waals surface area contributed by atoms with Crippen molar-refractivity contribution in [2.45, 2.75) is 39.3 Å². The lowest BCUT2D eigenvalue weighted by Crippen LogP contribution is -2.17. The molecule has 3 heteroatoms. The molecule has 0 bridgehead atoms. The molecule has 1 aromatic rings. The molecule has 3 nitrogen and oxygen atoms in total. The van der Waals surface area contributed by atoms with Crippen molar-refractivity contribution < 1.29 is 0 Å². The number of hydrogen-bond donors (Lipinski definition) is 1. The molecule has 0 aromatic carbocycles. The standard InChI is InChI=1S/C12H21N3/c1-9(2)7-15-8-11(6-14-15)12(13-3)10-4-5-10/h6,8-10,12-13H,4-5,7H2,1-3H3. The van der Waals surface area contributed by atoms with E-state index in [-0.39, 0.29) is 0 Å². The lowest BCUT2D eigenvalue weighted by atomic mass is 10.1. The van der Waals surface area contributed by atoms with E-state index in [0.717, 1.165) is 12.5 Å². The van der Waals surface area contributed by atoms with Gasteiger partial charge in [0.2, 0.25) is 0 Å². The van der Waals surface area contributed by atoms with Gasteiger partial charge in [0.25, 0.3) is 0 Å². The fourth-order valence-corrected chi connectivity index (χ4v) is 2.12. The van der Waals surface area contributed by atoms with Crippen molar-refractivity contribution in [3.05, 3.63) is 18.0 Å². The Morgan fingerprint density at radius 3 is 2.80 bits per heavy atom. The Hall–Kier alpha value is -0.830. The fraction of sp³-hybridized carbons (Fsp3) is 0.750. The maximum Gasteiger partial charge on any atom is 0.0537 e. The largest absolute Gasteiger partial charge is 0.313 e. The minimum Gasteiger partial charge on any atom is -0.313 e. The van der Waals surface area contributed by atoms with Crippen LogP contribution >= 0.6 is 0 Å². The molecular weight excluding hydrogens is 186 g/mol. The summed E-state index contributed by atoms with van der Waals surface area (Å²) in [7, 11) is 2.04. The highest BCUT2D eigenvalue weighted by Crippen LogP contribution is 2.40. The Bertz CT molecular complexity index is 312. The van der Waals surface area contributed by atoms with Crippen LogP contribution < -0.4 is 5.32 Å². The average molecular weight is 207 g/mol. The lowest BCUT2D eigenvalue weighted by Gasteiger charge is -2.12. The van der Waals surface area contributed by atoms with Crippen molar-refractivity contribution in [1.82, 2.24) is 15.1 Å². The Morgan fingerprint density at radius 2 is 2.27 bits per heavy atom. The van der Waals surface area contributed by atoms with Gasteiger partial charge in [0.15, 0.2) is 0 Å². The molecule has 1 fully saturated rings. The molecular formula is C12H21N3. The van der Waals surface area contributed by atoms with E-state index < -0.39 is 0 Å². The normalized spacial score (nSPS) is 18.4. The van der Waals surface area contributed by atoms with Gasteiger partial charge in [-0.1, -0.05) is 13.8 Å². The Labute approximate surface area is 91.9 Å². The topological polar surface area (TPSA) is 29.9 Å². The van der Waals surface area contributed by atoms with Gasteiger partial charge in [-0.2, -0.15) is 5.10 Å². The summed E-state index contributed by atoms with van der Waals surface area (Å²) in [5.74, 6) is 1.50. The van der Waals surface area contributed by atoms with Crippen LogP contribution in [0.4, 0.5) is 0 Å². The molecule has 0 saturated heterocycles. The number of nitrogens with zero attached hydrogens (tertiary/aromatic N) is 2. The SMILES string of the molecule is CNC(c1cnn(CC(C)C)c1)C1CC1. The summed E-state index contributed by atoms with van der Waals surface area (Å²) in [6.45, 7) is 5.46. The van der Waals surface area contributed by atoms with E-state index >= 15 is 0 Å². The summed E-state index contributed by atoms with van der Waals surface area (Å²) < 4.78 is 2.06. The summed E-state index contributed by atoms with van der Waals surface area (Å²) in [4.78, 5) is 0. The predicted octanol–water partition coefficient (Wildman–Crippen LogP) is 2.21. The summed E-state index contributed by atoms with van der Waals surface area (Å²) in [5.41, 5.74) is 1.35. The third-order valence-corrected chi connectivity index (χ3v) is 2.97. The fourth-order valence-electron chi connectivity index (χ4n) is 2.12. The summed E-state index contributed by atoms with van der Waals surface area (Å²) in [5, 5.41) is 7.81. The van der Waals surface area contributed by atoms with Gasteiger partial charge in [0, 0.05) is 24.3 Å². The van der Waals surface area contributed by atoms with Crippen molar-refractivity contribution in [2.24, 2.45) is 11.8 Å². The first-order valence-electron chi connectivity index (χ1n) is 5.90. The Kier molecular flexibility index (Phi) is 3.10. The van der Waals surface area contributed by atoms with Crippen molar-refractivity contribution in [3.63, 3.8) is 0 Å². The number of hydrogen-bond acceptors (Lipinski definition) is 2. The first-order chi connectivity index (χ1) is 7.20. The number of rotatable bonds is 5. The second-order valence-electron chi connectivity index (χ2n) is 4.99. The molecule has 0 aliphatic heterocycles. The second kappa shape index (κ2) is 4.35. The molecule has 1 N–H and O–H groups in total. The zero-order valence-corrected chi connectivity index (χ0v) is 9.90. The molecule has 1 unspecified atom stereocenters. The zero-order valence-electron chi connectivity index (χ0n) is 9.90. The molecule has 1 saturated carbocycles. The van der Waals surface area contributed by atoms with Crippen molar-refractivity contribution >= 4 is 0 Å². The van der Waals surface area contributed by atoms with E-state index in [0.29, 0.717) is 12.0 Å². The molecule has 1 heterocycles. The van der Waals surface area contributed by atoms with Gasteiger partial charge in [-0.15, -0.1) is 0 Å². The average Bonchev–Trinajstić information content (AvgIpc) is 2.89. The van der Waals surface area contributed by atoms with Crippen LogP contribution in [0.3, 0.4) is 0 Å². The van der Waals surface area contributed by atoms with Crippen LogP contribution in [0.2, 0.25) is 0 Å². The van der Waals surface area contributed by atoms with Gasteiger partial charge in [0.05, 0.1) is 6.20 Å². The molecule has 0 amide bonds. The maximum absolute atomic E-state index is 4.41. The quantitative estimate of drug-likeness (QED) is 0.802. The first-order valence-corrected chi connectivity index (χ1v) is 5.90. The van der Waals surface area contributed by atoms with E-state index in [1.165, 1.54) is 18.4 Å². The van der Waals surface area contributed by atoms with Crippen LogP contribution in [0.25, 0.3) is 0 Å². The van der Waals surface area contributed by atoms with Gasteiger partial charge in [-0.05, 0) is 31.7 Å². The van der Waals surface area contributed by atoms with E-state index in [1.807, 2.05) is 13.2 Å². The van der Waals surface area contributed by atoms with Crippen LogP contribution in [-0.4, -0.2) is 16.8 Å². The molecule has 0 spiro atoms. The van der Waals surface area contributed by atoms with Crippen LogP contribution in [0.15, 0.2) is 12.4 Å². The molecule has 1 aliphatic rings. The molecule has 0 radical (unpaired) electrons. The highest BCUT2D eigenvalue weighted by atomic mass is 15.3.